The largest absolute Gasteiger partial charge is 0.368 e. The average molecular weight is 393 g/mol. The molecule has 0 saturated carbocycles. The summed E-state index contributed by atoms with van der Waals surface area (Å²) in [5.74, 6) is 0.212. The summed E-state index contributed by atoms with van der Waals surface area (Å²) in [4.78, 5) is 17.5. The molecule has 2 N–H and O–H groups in total. The molecule has 5 heteroatoms. The van der Waals surface area contributed by atoms with E-state index in [2.05, 4.69) is 79.8 Å². The summed E-state index contributed by atoms with van der Waals surface area (Å²) in [5.41, 5.74) is 14.3. The highest BCUT2D eigenvalue weighted by molar-refractivity contribution is 5.82. The Labute approximate surface area is 174 Å². The first kappa shape index (κ1) is 19.9. The molecule has 2 heterocycles. The van der Waals surface area contributed by atoms with Gasteiger partial charge in [-0.05, 0) is 62.4 Å². The van der Waals surface area contributed by atoms with Crippen molar-refractivity contribution < 1.29 is 4.79 Å². The summed E-state index contributed by atoms with van der Waals surface area (Å²) in [7, 11) is 0. The fraction of sp³-hybridized carbons (Fsp3) is 0.458. The van der Waals surface area contributed by atoms with Gasteiger partial charge < -0.3 is 9.80 Å². The average Bonchev–Trinajstić information content (AvgIpc) is 3.20. The third-order valence-electron chi connectivity index (χ3n) is 6.42. The van der Waals surface area contributed by atoms with Crippen molar-refractivity contribution in [1.29, 1.82) is 0 Å². The van der Waals surface area contributed by atoms with Crippen LogP contribution in [0.15, 0.2) is 36.4 Å². The van der Waals surface area contributed by atoms with Crippen LogP contribution in [0.1, 0.15) is 40.3 Å². The third-order valence-corrected chi connectivity index (χ3v) is 6.42. The number of benzene rings is 2. The molecule has 29 heavy (non-hydrogen) atoms. The van der Waals surface area contributed by atoms with Gasteiger partial charge in [0.05, 0.1) is 0 Å². The third kappa shape index (κ3) is 4.16. The van der Waals surface area contributed by atoms with Crippen molar-refractivity contribution in [3.8, 4) is 0 Å². The van der Waals surface area contributed by atoms with Crippen LogP contribution in [0.2, 0.25) is 0 Å². The highest BCUT2D eigenvalue weighted by atomic mass is 16.2. The Morgan fingerprint density at radius 1 is 0.862 bits per heavy atom. The number of hydrogen-bond donors (Lipinski definition) is 2. The topological polar surface area (TPSA) is 47.6 Å². The van der Waals surface area contributed by atoms with Gasteiger partial charge in [0.2, 0.25) is 5.91 Å². The molecule has 154 valence electrons. The van der Waals surface area contributed by atoms with Crippen LogP contribution in [0.3, 0.4) is 0 Å². The van der Waals surface area contributed by atoms with Gasteiger partial charge in [0, 0.05) is 37.9 Å². The van der Waals surface area contributed by atoms with Crippen molar-refractivity contribution >= 4 is 11.6 Å². The van der Waals surface area contributed by atoms with E-state index in [0.29, 0.717) is 0 Å². The quantitative estimate of drug-likeness (QED) is 0.842. The molecule has 2 atom stereocenters. The molecule has 2 aromatic carbocycles. The van der Waals surface area contributed by atoms with Crippen LogP contribution in [0.5, 0.6) is 0 Å². The molecule has 4 rings (SSSR count). The predicted molar refractivity (Wildman–Crippen MR) is 118 cm³/mol. The van der Waals surface area contributed by atoms with Crippen LogP contribution >= 0.6 is 0 Å². The van der Waals surface area contributed by atoms with Crippen LogP contribution < -0.4 is 15.8 Å². The van der Waals surface area contributed by atoms with E-state index >= 15 is 0 Å². The van der Waals surface area contributed by atoms with Gasteiger partial charge in [-0.3, -0.25) is 4.79 Å². The van der Waals surface area contributed by atoms with Crippen molar-refractivity contribution in [2.24, 2.45) is 0 Å². The Morgan fingerprint density at radius 3 is 2.31 bits per heavy atom. The molecular weight excluding hydrogens is 360 g/mol. The SMILES string of the molecule is Cc1ccc(N2CCN(C(=O)C3CC(c4ccc(C)c(C)c4)NN3)CC2)c(C)c1. The molecule has 0 aromatic heterocycles. The second-order valence-corrected chi connectivity index (χ2v) is 8.58. The van der Waals surface area contributed by atoms with Gasteiger partial charge in [0.15, 0.2) is 0 Å². The normalized spacial score (nSPS) is 22.2. The molecule has 1 amide bonds. The highest BCUT2D eigenvalue weighted by Gasteiger charge is 2.34. The number of carbonyl (C=O) groups is 1. The molecule has 0 radical (unpaired) electrons. The molecule has 2 aliphatic heterocycles. The summed E-state index contributed by atoms with van der Waals surface area (Å²) in [6, 6.07) is 13.2. The Morgan fingerprint density at radius 2 is 1.62 bits per heavy atom. The fourth-order valence-corrected chi connectivity index (χ4v) is 4.47. The molecule has 0 bridgehead atoms. The van der Waals surface area contributed by atoms with Gasteiger partial charge >= 0.3 is 0 Å². The zero-order chi connectivity index (χ0) is 20.5. The number of aryl methyl sites for hydroxylation is 4. The molecule has 2 aliphatic rings. The van der Waals surface area contributed by atoms with Gasteiger partial charge in [-0.1, -0.05) is 35.9 Å². The summed E-state index contributed by atoms with van der Waals surface area (Å²) >= 11 is 0. The minimum absolute atomic E-state index is 0.158. The number of hydrazine groups is 1. The molecule has 2 saturated heterocycles. The molecule has 0 spiro atoms. The Bertz CT molecular complexity index is 902. The number of carbonyl (C=O) groups excluding carboxylic acids is 1. The number of rotatable bonds is 3. The van der Waals surface area contributed by atoms with Gasteiger partial charge in [0.25, 0.3) is 0 Å². The lowest BCUT2D eigenvalue weighted by molar-refractivity contribution is -0.133. The summed E-state index contributed by atoms with van der Waals surface area (Å²) < 4.78 is 0. The number of anilines is 1. The highest BCUT2D eigenvalue weighted by Crippen LogP contribution is 2.26. The molecular formula is C24H32N4O. The lowest BCUT2D eigenvalue weighted by atomic mass is 9.98. The van der Waals surface area contributed by atoms with Crippen LogP contribution in [0, 0.1) is 27.7 Å². The number of nitrogens with one attached hydrogen (secondary N) is 2. The maximum absolute atomic E-state index is 13.1. The van der Waals surface area contributed by atoms with Crippen molar-refractivity contribution in [2.45, 2.75) is 46.2 Å². The van der Waals surface area contributed by atoms with E-state index in [9.17, 15) is 4.79 Å². The Kier molecular flexibility index (Phi) is 5.61. The number of piperazine rings is 1. The maximum atomic E-state index is 13.1. The van der Waals surface area contributed by atoms with Crippen LogP contribution in [0.25, 0.3) is 0 Å². The van der Waals surface area contributed by atoms with Crippen molar-refractivity contribution in [2.75, 3.05) is 31.1 Å². The van der Waals surface area contributed by atoms with Crippen LogP contribution in [-0.4, -0.2) is 43.0 Å². The van der Waals surface area contributed by atoms with E-state index in [0.717, 1.165) is 32.6 Å². The first-order chi connectivity index (χ1) is 13.9. The van der Waals surface area contributed by atoms with E-state index in [-0.39, 0.29) is 18.0 Å². The van der Waals surface area contributed by atoms with E-state index < -0.39 is 0 Å². The molecule has 0 aliphatic carbocycles. The lowest BCUT2D eigenvalue weighted by Gasteiger charge is -2.37. The van der Waals surface area contributed by atoms with Gasteiger partial charge in [-0.15, -0.1) is 0 Å². The monoisotopic (exact) mass is 392 g/mol. The predicted octanol–water partition coefficient (Wildman–Crippen LogP) is 3.18. The summed E-state index contributed by atoms with van der Waals surface area (Å²) in [6.45, 7) is 11.9. The zero-order valence-electron chi connectivity index (χ0n) is 18.0. The van der Waals surface area contributed by atoms with Crippen molar-refractivity contribution in [3.05, 3.63) is 64.2 Å². The van der Waals surface area contributed by atoms with Gasteiger partial charge in [-0.2, -0.15) is 0 Å². The zero-order valence-corrected chi connectivity index (χ0v) is 18.0. The molecule has 2 unspecified atom stereocenters. The second kappa shape index (κ2) is 8.17. The minimum Gasteiger partial charge on any atom is -0.368 e. The Hall–Kier alpha value is -2.37. The van der Waals surface area contributed by atoms with E-state index in [1.807, 2.05) is 4.90 Å². The first-order valence-corrected chi connectivity index (χ1v) is 10.6. The summed E-state index contributed by atoms with van der Waals surface area (Å²) in [6.07, 6.45) is 0.790. The van der Waals surface area contributed by atoms with E-state index in [1.54, 1.807) is 0 Å². The van der Waals surface area contributed by atoms with Gasteiger partial charge in [0.1, 0.15) is 6.04 Å². The maximum Gasteiger partial charge on any atom is 0.241 e. The van der Waals surface area contributed by atoms with E-state index in [1.165, 1.54) is 33.5 Å². The Balaban J connectivity index is 1.34. The molecule has 2 fully saturated rings. The summed E-state index contributed by atoms with van der Waals surface area (Å²) in [5, 5.41) is 0. The molecule has 5 nitrogen and oxygen atoms in total. The molecule has 2 aromatic rings. The minimum atomic E-state index is -0.158. The van der Waals surface area contributed by atoms with E-state index in [4.69, 9.17) is 0 Å². The second-order valence-electron chi connectivity index (χ2n) is 8.58. The fourth-order valence-electron chi connectivity index (χ4n) is 4.47. The lowest BCUT2D eigenvalue weighted by Crippen LogP contribution is -2.53. The number of nitrogens with zero attached hydrogens (tertiary/aromatic N) is 2. The number of hydrogen-bond acceptors (Lipinski definition) is 4. The van der Waals surface area contributed by atoms with Crippen LogP contribution in [0.4, 0.5) is 5.69 Å². The van der Waals surface area contributed by atoms with Gasteiger partial charge in [-0.25, -0.2) is 10.9 Å². The smallest absolute Gasteiger partial charge is 0.241 e. The number of amides is 1. The van der Waals surface area contributed by atoms with Crippen molar-refractivity contribution in [1.82, 2.24) is 15.8 Å². The van der Waals surface area contributed by atoms with Crippen molar-refractivity contribution in [3.63, 3.8) is 0 Å². The van der Waals surface area contributed by atoms with Crippen LogP contribution in [-0.2, 0) is 4.79 Å². The first-order valence-electron chi connectivity index (χ1n) is 10.6. The standard InChI is InChI=1S/C24H32N4O/c1-16-5-8-23(19(4)13-16)27-9-11-28(12-10-27)24(29)22-15-21(25-26-22)20-7-6-17(2)18(3)14-20/h5-8,13-14,21-22,25-26H,9-12,15H2,1-4H3.